The van der Waals surface area contributed by atoms with E-state index in [1.165, 1.54) is 42.9 Å². The second-order valence-electron chi connectivity index (χ2n) is 6.02. The van der Waals surface area contributed by atoms with Crippen LogP contribution in [0.2, 0.25) is 0 Å². The smallest absolute Gasteiger partial charge is 0.0136 e. The van der Waals surface area contributed by atoms with Crippen LogP contribution in [0.4, 0.5) is 0 Å². The van der Waals surface area contributed by atoms with Crippen LogP contribution in [0.1, 0.15) is 50.5 Å². The second kappa shape index (κ2) is 6.41. The van der Waals surface area contributed by atoms with Crippen molar-refractivity contribution in [2.45, 2.75) is 51.0 Å². The number of hydrogen-bond donors (Lipinski definition) is 1. The first kappa shape index (κ1) is 13.6. The van der Waals surface area contributed by atoms with E-state index in [1.54, 1.807) is 5.56 Å². The van der Waals surface area contributed by atoms with Crippen LogP contribution in [0.5, 0.6) is 0 Å². The van der Waals surface area contributed by atoms with Crippen molar-refractivity contribution in [2.24, 2.45) is 0 Å². The number of hydrogen-bond acceptors (Lipinski definition) is 1. The molecule has 3 rings (SSSR count). The lowest BCUT2D eigenvalue weighted by molar-refractivity contribution is 0.329. The van der Waals surface area contributed by atoms with Gasteiger partial charge in [-0.2, -0.15) is 0 Å². The quantitative estimate of drug-likeness (QED) is 0.833. The van der Waals surface area contributed by atoms with Gasteiger partial charge in [0.25, 0.3) is 0 Å². The molecule has 1 nitrogen and oxygen atoms in total. The van der Waals surface area contributed by atoms with E-state index in [2.05, 4.69) is 54.7 Å². The molecule has 0 bridgehead atoms. The maximum absolute atomic E-state index is 3.78. The molecule has 2 aromatic carbocycles. The Labute approximate surface area is 122 Å². The highest BCUT2D eigenvalue weighted by Crippen LogP contribution is 2.36. The van der Waals surface area contributed by atoms with Crippen LogP contribution in [0.15, 0.2) is 42.5 Å². The van der Waals surface area contributed by atoms with E-state index in [0.717, 1.165) is 6.54 Å². The summed E-state index contributed by atoms with van der Waals surface area (Å²) < 4.78 is 0. The zero-order valence-electron chi connectivity index (χ0n) is 12.4. The molecular formula is C19H25N. The van der Waals surface area contributed by atoms with E-state index in [1.807, 2.05) is 0 Å². The molecule has 20 heavy (non-hydrogen) atoms. The lowest BCUT2D eigenvalue weighted by Gasteiger charge is -2.33. The third-order valence-corrected chi connectivity index (χ3v) is 4.65. The summed E-state index contributed by atoms with van der Waals surface area (Å²) in [6.45, 7) is 3.40. The third kappa shape index (κ3) is 2.73. The topological polar surface area (TPSA) is 12.0 Å². The van der Waals surface area contributed by atoms with Gasteiger partial charge < -0.3 is 5.32 Å². The molecular weight excluding hydrogens is 242 g/mol. The molecule has 0 aliphatic heterocycles. The summed E-state index contributed by atoms with van der Waals surface area (Å²) >= 11 is 0. The van der Waals surface area contributed by atoms with Crippen LogP contribution in [-0.4, -0.2) is 12.6 Å². The zero-order chi connectivity index (χ0) is 13.8. The Hall–Kier alpha value is -1.34. The molecule has 0 radical (unpaired) electrons. The molecule has 1 N–H and O–H groups in total. The van der Waals surface area contributed by atoms with Gasteiger partial charge in [0.1, 0.15) is 0 Å². The first-order valence-corrected chi connectivity index (χ1v) is 8.11. The Kier molecular flexibility index (Phi) is 4.37. The third-order valence-electron chi connectivity index (χ3n) is 4.65. The van der Waals surface area contributed by atoms with Crippen LogP contribution in [-0.2, 0) is 0 Å². The summed E-state index contributed by atoms with van der Waals surface area (Å²) in [5, 5.41) is 6.61. The first-order chi connectivity index (χ1) is 9.90. The van der Waals surface area contributed by atoms with Crippen molar-refractivity contribution in [3.63, 3.8) is 0 Å². The van der Waals surface area contributed by atoms with Crippen LogP contribution in [0.3, 0.4) is 0 Å². The normalized spacial score (nSPS) is 23.1. The SMILES string of the molecule is CCCNC1CCCCC1c1cccc2ccccc12. The molecule has 1 aliphatic rings. The maximum atomic E-state index is 3.78. The zero-order valence-corrected chi connectivity index (χ0v) is 12.4. The van der Waals surface area contributed by atoms with E-state index in [4.69, 9.17) is 0 Å². The van der Waals surface area contributed by atoms with E-state index >= 15 is 0 Å². The standard InChI is InChI=1S/C19H25N/c1-2-14-20-19-13-6-5-11-18(19)17-12-7-9-15-8-3-4-10-16(15)17/h3-4,7-10,12,18-20H,2,5-6,11,13-14H2,1H3. The van der Waals surface area contributed by atoms with Crippen molar-refractivity contribution in [3.8, 4) is 0 Å². The van der Waals surface area contributed by atoms with Crippen LogP contribution in [0, 0.1) is 0 Å². The lowest BCUT2D eigenvalue weighted by atomic mass is 9.78. The summed E-state index contributed by atoms with van der Waals surface area (Å²) in [6, 6.07) is 16.3. The molecule has 0 saturated heterocycles. The van der Waals surface area contributed by atoms with Crippen molar-refractivity contribution in [1.29, 1.82) is 0 Å². The summed E-state index contributed by atoms with van der Waals surface area (Å²) in [4.78, 5) is 0. The fourth-order valence-corrected chi connectivity index (χ4v) is 3.65. The molecule has 1 aliphatic carbocycles. The number of benzene rings is 2. The van der Waals surface area contributed by atoms with Gasteiger partial charge in [0, 0.05) is 6.04 Å². The van der Waals surface area contributed by atoms with E-state index in [0.29, 0.717) is 12.0 Å². The minimum atomic E-state index is 0.662. The fourth-order valence-electron chi connectivity index (χ4n) is 3.65. The highest BCUT2D eigenvalue weighted by atomic mass is 14.9. The molecule has 0 aromatic heterocycles. The van der Waals surface area contributed by atoms with Crippen LogP contribution >= 0.6 is 0 Å². The number of nitrogens with one attached hydrogen (secondary N) is 1. The average Bonchev–Trinajstić information content (AvgIpc) is 2.53. The Morgan fingerprint density at radius 3 is 2.70 bits per heavy atom. The average molecular weight is 267 g/mol. The van der Waals surface area contributed by atoms with Crippen molar-refractivity contribution < 1.29 is 0 Å². The second-order valence-corrected chi connectivity index (χ2v) is 6.02. The van der Waals surface area contributed by atoms with Gasteiger partial charge in [-0.1, -0.05) is 62.2 Å². The van der Waals surface area contributed by atoms with Gasteiger partial charge in [-0.15, -0.1) is 0 Å². The molecule has 2 aromatic rings. The maximum Gasteiger partial charge on any atom is 0.0136 e. The Bertz CT molecular complexity index is 555. The summed E-state index contributed by atoms with van der Waals surface area (Å²) in [5.41, 5.74) is 1.55. The highest BCUT2D eigenvalue weighted by Gasteiger charge is 2.26. The van der Waals surface area contributed by atoms with Gasteiger partial charge in [-0.25, -0.2) is 0 Å². The largest absolute Gasteiger partial charge is 0.313 e. The van der Waals surface area contributed by atoms with Gasteiger partial charge >= 0.3 is 0 Å². The van der Waals surface area contributed by atoms with Crippen LogP contribution in [0.25, 0.3) is 10.8 Å². The number of fused-ring (bicyclic) bond motifs is 1. The number of rotatable bonds is 4. The van der Waals surface area contributed by atoms with Crippen molar-refractivity contribution >= 4 is 10.8 Å². The lowest BCUT2D eigenvalue weighted by Crippen LogP contribution is -2.37. The Morgan fingerprint density at radius 2 is 1.80 bits per heavy atom. The van der Waals surface area contributed by atoms with Crippen molar-refractivity contribution in [2.75, 3.05) is 6.54 Å². The van der Waals surface area contributed by atoms with E-state index in [9.17, 15) is 0 Å². The predicted octanol–water partition coefficient (Wildman–Crippen LogP) is 4.87. The van der Waals surface area contributed by atoms with Gasteiger partial charge in [0.2, 0.25) is 0 Å². The molecule has 2 unspecified atom stereocenters. The monoisotopic (exact) mass is 267 g/mol. The van der Waals surface area contributed by atoms with Gasteiger partial charge in [0.15, 0.2) is 0 Å². The molecule has 0 amide bonds. The van der Waals surface area contributed by atoms with Crippen LogP contribution < -0.4 is 5.32 Å². The van der Waals surface area contributed by atoms with Gasteiger partial charge in [-0.3, -0.25) is 0 Å². The molecule has 1 fully saturated rings. The molecule has 0 spiro atoms. The summed E-state index contributed by atoms with van der Waals surface area (Å²) in [6.07, 6.45) is 6.63. The van der Waals surface area contributed by atoms with E-state index in [-0.39, 0.29) is 0 Å². The van der Waals surface area contributed by atoms with Gasteiger partial charge in [-0.05, 0) is 48.1 Å². The molecule has 2 atom stereocenters. The van der Waals surface area contributed by atoms with Crippen molar-refractivity contribution in [1.82, 2.24) is 5.32 Å². The minimum absolute atomic E-state index is 0.662. The minimum Gasteiger partial charge on any atom is -0.313 e. The molecule has 106 valence electrons. The fraction of sp³-hybridized carbons (Fsp3) is 0.474. The molecule has 1 heteroatoms. The highest BCUT2D eigenvalue weighted by molar-refractivity contribution is 5.86. The van der Waals surface area contributed by atoms with Crippen molar-refractivity contribution in [3.05, 3.63) is 48.0 Å². The molecule has 0 heterocycles. The Morgan fingerprint density at radius 1 is 1.00 bits per heavy atom. The summed E-state index contributed by atoms with van der Waals surface area (Å²) in [5.74, 6) is 0.682. The van der Waals surface area contributed by atoms with Gasteiger partial charge in [0.05, 0.1) is 0 Å². The van der Waals surface area contributed by atoms with E-state index < -0.39 is 0 Å². The molecule has 1 saturated carbocycles. The first-order valence-electron chi connectivity index (χ1n) is 8.11. The Balaban J connectivity index is 1.95. The predicted molar refractivity (Wildman–Crippen MR) is 87.2 cm³/mol. The summed E-state index contributed by atoms with van der Waals surface area (Å²) in [7, 11) is 0.